The molecular formula is C27H33F2N3O3. The van der Waals surface area contributed by atoms with Crippen LogP contribution >= 0.6 is 0 Å². The van der Waals surface area contributed by atoms with Gasteiger partial charge in [-0.3, -0.25) is 14.5 Å². The van der Waals surface area contributed by atoms with E-state index in [9.17, 15) is 23.5 Å². The van der Waals surface area contributed by atoms with Crippen molar-refractivity contribution in [1.29, 1.82) is 0 Å². The highest BCUT2D eigenvalue weighted by Crippen LogP contribution is 2.40. The van der Waals surface area contributed by atoms with Gasteiger partial charge in [-0.15, -0.1) is 0 Å². The zero-order valence-electron chi connectivity index (χ0n) is 20.3. The molecule has 1 saturated heterocycles. The number of halogens is 2. The molecule has 188 valence electrons. The number of amides is 1. The smallest absolute Gasteiger partial charge is 0.276 e. The van der Waals surface area contributed by atoms with Crippen LogP contribution < -0.4 is 5.43 Å². The van der Waals surface area contributed by atoms with Crippen LogP contribution in [-0.4, -0.2) is 50.7 Å². The van der Waals surface area contributed by atoms with Gasteiger partial charge in [0.05, 0.1) is 6.54 Å². The Hall–Kier alpha value is -2.74. The van der Waals surface area contributed by atoms with Crippen molar-refractivity contribution in [3.63, 3.8) is 0 Å². The molecular weight excluding hydrogens is 452 g/mol. The van der Waals surface area contributed by atoms with Gasteiger partial charge in [-0.05, 0) is 55.6 Å². The Labute approximate surface area is 204 Å². The Morgan fingerprint density at radius 3 is 2.60 bits per heavy atom. The van der Waals surface area contributed by atoms with E-state index in [1.54, 1.807) is 10.8 Å². The fourth-order valence-corrected chi connectivity index (χ4v) is 6.32. The molecule has 0 unspecified atom stereocenters. The SMILES string of the molecule is CC(C)CN1C[C@@H]2CCC[C@@H]2N2C(=O)c3c(O)c(=O)c(CCCc4ccc(F)cc4F)cn3C[C@@H]12. The van der Waals surface area contributed by atoms with Crippen molar-refractivity contribution in [3.8, 4) is 5.75 Å². The Morgan fingerprint density at radius 2 is 1.86 bits per heavy atom. The zero-order valence-corrected chi connectivity index (χ0v) is 20.3. The van der Waals surface area contributed by atoms with Gasteiger partial charge in [0, 0.05) is 37.0 Å². The second-order valence-electron chi connectivity index (χ2n) is 10.7. The minimum atomic E-state index is -0.624. The summed E-state index contributed by atoms with van der Waals surface area (Å²) in [5.74, 6) is -1.10. The van der Waals surface area contributed by atoms with Gasteiger partial charge < -0.3 is 14.6 Å². The van der Waals surface area contributed by atoms with Crippen molar-refractivity contribution < 1.29 is 18.7 Å². The van der Waals surface area contributed by atoms with Gasteiger partial charge in [-0.1, -0.05) is 26.3 Å². The third-order valence-electron chi connectivity index (χ3n) is 7.82. The quantitative estimate of drug-likeness (QED) is 0.674. The number of rotatable bonds is 6. The van der Waals surface area contributed by atoms with E-state index in [1.807, 2.05) is 4.90 Å². The first-order valence-electron chi connectivity index (χ1n) is 12.7. The minimum Gasteiger partial charge on any atom is -0.503 e. The summed E-state index contributed by atoms with van der Waals surface area (Å²) in [7, 11) is 0. The van der Waals surface area contributed by atoms with E-state index < -0.39 is 22.8 Å². The van der Waals surface area contributed by atoms with Crippen LogP contribution in [0.3, 0.4) is 0 Å². The number of benzene rings is 1. The normalized spacial score (nSPS) is 24.0. The molecule has 1 N–H and O–H groups in total. The van der Waals surface area contributed by atoms with Crippen molar-refractivity contribution in [2.45, 2.75) is 71.1 Å². The molecule has 35 heavy (non-hydrogen) atoms. The monoisotopic (exact) mass is 485 g/mol. The van der Waals surface area contributed by atoms with Crippen molar-refractivity contribution in [3.05, 3.63) is 63.1 Å². The highest BCUT2D eigenvalue weighted by Gasteiger charge is 2.49. The van der Waals surface area contributed by atoms with Crippen LogP contribution in [0.1, 0.15) is 61.1 Å². The first-order valence-corrected chi connectivity index (χ1v) is 12.7. The molecule has 2 aromatic rings. The number of fused-ring (bicyclic) bond motifs is 4. The summed E-state index contributed by atoms with van der Waals surface area (Å²) in [6.45, 7) is 6.71. The fourth-order valence-electron chi connectivity index (χ4n) is 6.32. The molecule has 6 nitrogen and oxygen atoms in total. The summed E-state index contributed by atoms with van der Waals surface area (Å²) in [4.78, 5) is 31.0. The Bertz CT molecular complexity index is 1190. The molecule has 2 aliphatic heterocycles. The molecule has 1 amide bonds. The standard InChI is InChI=1S/C27H33F2N3O3/c1-16(2)12-30-13-18-6-4-8-22(18)32-23(30)15-31-14-19(25(33)26(34)24(31)27(32)35)7-3-5-17-9-10-20(28)11-21(17)29/h9-11,14,16,18,22-23,34H,3-8,12-13,15H2,1-2H3/t18-,22-,23-/m0/s1. The van der Waals surface area contributed by atoms with Crippen LogP contribution in [0.2, 0.25) is 0 Å². The molecule has 3 heterocycles. The van der Waals surface area contributed by atoms with Gasteiger partial charge in [-0.2, -0.15) is 0 Å². The van der Waals surface area contributed by atoms with E-state index in [0.29, 0.717) is 48.8 Å². The van der Waals surface area contributed by atoms with Gasteiger partial charge in [0.25, 0.3) is 5.91 Å². The average Bonchev–Trinajstić information content (AvgIpc) is 3.26. The van der Waals surface area contributed by atoms with Crippen molar-refractivity contribution in [2.75, 3.05) is 13.1 Å². The first-order chi connectivity index (χ1) is 16.7. The van der Waals surface area contributed by atoms with Crippen LogP contribution in [0.5, 0.6) is 5.75 Å². The highest BCUT2D eigenvalue weighted by atomic mass is 19.1. The maximum Gasteiger partial charge on any atom is 0.276 e. The van der Waals surface area contributed by atoms with E-state index >= 15 is 0 Å². The van der Waals surface area contributed by atoms with Crippen LogP contribution in [-0.2, 0) is 19.4 Å². The van der Waals surface area contributed by atoms with Crippen LogP contribution in [0.25, 0.3) is 0 Å². The number of carbonyl (C=O) groups excluding carboxylic acids is 1. The molecule has 0 radical (unpaired) electrons. The molecule has 0 spiro atoms. The molecule has 3 aliphatic rings. The summed E-state index contributed by atoms with van der Waals surface area (Å²) in [5.41, 5.74) is 0.329. The van der Waals surface area contributed by atoms with E-state index in [-0.39, 0.29) is 23.8 Å². The number of nitrogens with zero attached hydrogens (tertiary/aromatic N) is 3. The molecule has 1 aromatic heterocycles. The number of aromatic nitrogens is 1. The van der Waals surface area contributed by atoms with E-state index in [4.69, 9.17) is 0 Å². The predicted octanol–water partition coefficient (Wildman–Crippen LogP) is 3.93. The van der Waals surface area contributed by atoms with Gasteiger partial charge in [0.2, 0.25) is 5.43 Å². The molecule has 5 rings (SSSR count). The highest BCUT2D eigenvalue weighted by molar-refractivity contribution is 5.96. The van der Waals surface area contributed by atoms with Crippen molar-refractivity contribution >= 4 is 5.91 Å². The van der Waals surface area contributed by atoms with Crippen molar-refractivity contribution in [2.24, 2.45) is 11.8 Å². The second-order valence-corrected chi connectivity index (χ2v) is 10.7. The Balaban J connectivity index is 1.42. The molecule has 2 fully saturated rings. The first kappa shape index (κ1) is 24.0. The lowest BCUT2D eigenvalue weighted by Crippen LogP contribution is -2.66. The molecule has 8 heteroatoms. The van der Waals surface area contributed by atoms with E-state index in [1.165, 1.54) is 12.1 Å². The second kappa shape index (κ2) is 9.37. The lowest BCUT2D eigenvalue weighted by molar-refractivity contribution is -0.0580. The van der Waals surface area contributed by atoms with E-state index in [0.717, 1.165) is 38.4 Å². The molecule has 0 bridgehead atoms. The van der Waals surface area contributed by atoms with Crippen LogP contribution in [0.15, 0.2) is 29.2 Å². The molecule has 3 atom stereocenters. The fraction of sp³-hybridized carbons (Fsp3) is 0.556. The predicted molar refractivity (Wildman–Crippen MR) is 128 cm³/mol. The van der Waals surface area contributed by atoms with Crippen LogP contribution in [0.4, 0.5) is 8.78 Å². The largest absolute Gasteiger partial charge is 0.503 e. The summed E-state index contributed by atoms with van der Waals surface area (Å²) in [6, 6.07) is 3.65. The third kappa shape index (κ3) is 4.37. The summed E-state index contributed by atoms with van der Waals surface area (Å²) in [5, 5.41) is 10.8. The number of hydrogen-bond acceptors (Lipinski definition) is 4. The van der Waals surface area contributed by atoms with Gasteiger partial charge >= 0.3 is 0 Å². The Kier molecular flexibility index (Phi) is 6.42. The van der Waals surface area contributed by atoms with Gasteiger partial charge in [-0.25, -0.2) is 8.78 Å². The number of aryl methyl sites for hydroxylation is 2. The lowest BCUT2D eigenvalue weighted by atomic mass is 9.93. The summed E-state index contributed by atoms with van der Waals surface area (Å²) in [6.07, 6.45) is 5.88. The number of aromatic hydroxyl groups is 1. The summed E-state index contributed by atoms with van der Waals surface area (Å²) >= 11 is 0. The minimum absolute atomic E-state index is 0.0802. The zero-order chi connectivity index (χ0) is 24.9. The number of pyridine rings is 1. The number of carbonyl (C=O) groups is 1. The van der Waals surface area contributed by atoms with Gasteiger partial charge in [0.15, 0.2) is 11.4 Å². The van der Waals surface area contributed by atoms with E-state index in [2.05, 4.69) is 18.7 Å². The maximum absolute atomic E-state index is 14.0. The molecule has 1 aliphatic carbocycles. The molecule has 1 aromatic carbocycles. The van der Waals surface area contributed by atoms with Crippen LogP contribution in [0, 0.1) is 23.5 Å². The Morgan fingerprint density at radius 1 is 1.09 bits per heavy atom. The topological polar surface area (TPSA) is 65.8 Å². The number of hydrogen-bond donors (Lipinski definition) is 1. The lowest BCUT2D eigenvalue weighted by Gasteiger charge is -2.53. The summed E-state index contributed by atoms with van der Waals surface area (Å²) < 4.78 is 28.9. The van der Waals surface area contributed by atoms with Crippen molar-refractivity contribution in [1.82, 2.24) is 14.4 Å². The maximum atomic E-state index is 14.0. The molecule has 1 saturated carbocycles. The average molecular weight is 486 g/mol. The van der Waals surface area contributed by atoms with Gasteiger partial charge in [0.1, 0.15) is 17.8 Å². The third-order valence-corrected chi connectivity index (χ3v) is 7.82.